The van der Waals surface area contributed by atoms with Crippen LogP contribution in [0.2, 0.25) is 0 Å². The molecule has 0 aromatic carbocycles. The smallest absolute Gasteiger partial charge is 0.399 e. The second-order valence-electron chi connectivity index (χ2n) is 3.00. The summed E-state index contributed by atoms with van der Waals surface area (Å²) in [6.45, 7) is 0. The van der Waals surface area contributed by atoms with Gasteiger partial charge in [-0.3, -0.25) is 0 Å². The highest BCUT2D eigenvalue weighted by atomic mass is 19.4. The van der Waals surface area contributed by atoms with Gasteiger partial charge in [-0.2, -0.15) is 17.6 Å². The Hall–Kier alpha value is -1.52. The maximum atomic E-state index is 12.8. The van der Waals surface area contributed by atoms with Crippen molar-refractivity contribution in [2.45, 2.75) is 24.8 Å². The van der Waals surface area contributed by atoms with Crippen LogP contribution in [0.1, 0.15) is 5.76 Å². The van der Waals surface area contributed by atoms with E-state index in [1.165, 1.54) is 0 Å². The molecule has 0 spiro atoms. The molecule has 0 fully saturated rings. The Morgan fingerprint density at radius 1 is 1.11 bits per heavy atom. The van der Waals surface area contributed by atoms with E-state index in [0.29, 0.717) is 0 Å². The summed E-state index contributed by atoms with van der Waals surface area (Å²) in [6.07, 6.45) is -13.5. The maximum absolute atomic E-state index is 12.8. The van der Waals surface area contributed by atoms with Gasteiger partial charge in [0.15, 0.2) is 5.76 Å². The van der Waals surface area contributed by atoms with Crippen molar-refractivity contribution < 1.29 is 44.3 Å². The summed E-state index contributed by atoms with van der Waals surface area (Å²) in [5.74, 6) is -7.75. The van der Waals surface area contributed by atoms with Gasteiger partial charge in [0.05, 0.1) is 6.42 Å². The lowest BCUT2D eigenvalue weighted by atomic mass is 10.2. The largest absolute Gasteiger partial charge is 0.527 e. The van der Waals surface area contributed by atoms with E-state index in [2.05, 4.69) is 8.83 Å². The van der Waals surface area contributed by atoms with Gasteiger partial charge >= 0.3 is 24.2 Å². The van der Waals surface area contributed by atoms with E-state index >= 15 is 0 Å². The molecule has 0 N–H and O–H groups in total. The Bertz CT molecular complexity index is 457. The van der Waals surface area contributed by atoms with Gasteiger partial charge in [-0.15, -0.1) is 13.2 Å². The van der Waals surface area contributed by atoms with Gasteiger partial charge in [0.1, 0.15) is 6.26 Å². The topological polar surface area (TPSA) is 52.6 Å². The van der Waals surface area contributed by atoms with Gasteiger partial charge in [-0.1, -0.05) is 0 Å². The molecule has 1 rings (SSSR count). The number of halogens is 7. The van der Waals surface area contributed by atoms with Gasteiger partial charge in [0.2, 0.25) is 0 Å². The van der Waals surface area contributed by atoms with E-state index in [1.54, 1.807) is 0 Å². The lowest BCUT2D eigenvalue weighted by molar-refractivity contribution is -0.465. The van der Waals surface area contributed by atoms with Crippen LogP contribution in [0, 0.1) is 0 Å². The first-order chi connectivity index (χ1) is 7.93. The van der Waals surface area contributed by atoms with Crippen LogP contribution >= 0.6 is 0 Å². The molecule has 4 nitrogen and oxygen atoms in total. The zero-order valence-corrected chi connectivity index (χ0v) is 8.06. The molecule has 0 saturated carbocycles. The summed E-state index contributed by atoms with van der Waals surface area (Å²) in [4.78, 5) is 10.3. The van der Waals surface area contributed by atoms with Crippen LogP contribution in [0.3, 0.4) is 0 Å². The van der Waals surface area contributed by atoms with Gasteiger partial charge in [-0.05, 0) is 0 Å². The normalized spacial score (nSPS) is 13.9. The molecular weight excluding hydrogens is 281 g/mol. The molecule has 0 saturated heterocycles. The van der Waals surface area contributed by atoms with Crippen molar-refractivity contribution >= 4 is 0 Å². The average molecular weight is 284 g/mol. The second kappa shape index (κ2) is 4.30. The monoisotopic (exact) mass is 284 g/mol. The summed E-state index contributed by atoms with van der Waals surface area (Å²) in [7, 11) is 0. The molecule has 1 aromatic heterocycles. The van der Waals surface area contributed by atoms with Gasteiger partial charge < -0.3 is 8.83 Å². The molecule has 0 atom stereocenters. The third kappa shape index (κ3) is 3.48. The Morgan fingerprint density at radius 3 is 2.06 bits per heavy atom. The Labute approximate surface area is 92.9 Å². The third-order valence-electron chi connectivity index (χ3n) is 1.57. The molecular formula is C7H3F7O4. The standard InChI is InChI=1S/C7H3F7O4/c8-5(9,1-3-2-16-4(15)17-3)6(10,11)18-7(12,13)14/h2H,1H2. The summed E-state index contributed by atoms with van der Waals surface area (Å²) >= 11 is 0. The molecule has 0 radical (unpaired) electrons. The van der Waals surface area contributed by atoms with Crippen LogP contribution in [-0.2, 0) is 11.2 Å². The second-order valence-corrected chi connectivity index (χ2v) is 3.00. The van der Waals surface area contributed by atoms with Crippen molar-refractivity contribution in [3.8, 4) is 0 Å². The first-order valence-corrected chi connectivity index (χ1v) is 4.03. The summed E-state index contributed by atoms with van der Waals surface area (Å²) in [5, 5.41) is 0. The highest BCUT2D eigenvalue weighted by molar-refractivity contribution is 4.94. The minimum absolute atomic E-state index is 0.278. The van der Waals surface area contributed by atoms with Crippen LogP contribution in [0.15, 0.2) is 19.9 Å². The van der Waals surface area contributed by atoms with E-state index in [9.17, 15) is 35.5 Å². The molecule has 0 aliphatic carbocycles. The molecule has 11 heteroatoms. The molecule has 1 heterocycles. The SMILES string of the molecule is O=c1occ(CC(F)(F)C(F)(F)OC(F)(F)F)o1. The predicted molar refractivity (Wildman–Crippen MR) is 38.0 cm³/mol. The summed E-state index contributed by atoms with van der Waals surface area (Å²) in [5.41, 5.74) is 0. The Morgan fingerprint density at radius 2 is 1.67 bits per heavy atom. The Kier molecular flexibility index (Phi) is 3.47. The fourth-order valence-corrected chi connectivity index (χ4v) is 0.888. The molecule has 1 aromatic rings. The van der Waals surface area contributed by atoms with Crippen LogP contribution in [0.4, 0.5) is 30.7 Å². The fourth-order valence-electron chi connectivity index (χ4n) is 0.888. The number of ether oxygens (including phenoxy) is 1. The van der Waals surface area contributed by atoms with Crippen molar-refractivity contribution in [2.75, 3.05) is 0 Å². The van der Waals surface area contributed by atoms with Gasteiger partial charge in [0, 0.05) is 0 Å². The van der Waals surface area contributed by atoms with Crippen LogP contribution in [0.25, 0.3) is 0 Å². The van der Waals surface area contributed by atoms with Crippen LogP contribution < -0.4 is 5.82 Å². The van der Waals surface area contributed by atoms with E-state index in [1.807, 2.05) is 4.74 Å². The number of rotatable bonds is 4. The molecule has 0 bridgehead atoms. The maximum Gasteiger partial charge on any atom is 0.527 e. The first-order valence-electron chi connectivity index (χ1n) is 4.03. The molecule has 0 amide bonds. The number of alkyl halides is 7. The summed E-state index contributed by atoms with van der Waals surface area (Å²) in [6, 6.07) is 0. The minimum Gasteiger partial charge on any atom is -0.399 e. The van der Waals surface area contributed by atoms with E-state index in [0.717, 1.165) is 0 Å². The predicted octanol–water partition coefficient (Wildman–Crippen LogP) is 2.54. The lowest BCUT2D eigenvalue weighted by Gasteiger charge is -2.25. The molecule has 18 heavy (non-hydrogen) atoms. The zero-order valence-electron chi connectivity index (χ0n) is 8.06. The molecule has 0 aliphatic heterocycles. The fraction of sp³-hybridized carbons (Fsp3) is 0.571. The first kappa shape index (κ1) is 14.5. The summed E-state index contributed by atoms with van der Waals surface area (Å²) < 4.78 is 95.0. The number of hydrogen-bond donors (Lipinski definition) is 0. The van der Waals surface area contributed by atoms with Crippen molar-refractivity contribution in [3.63, 3.8) is 0 Å². The Balaban J connectivity index is 2.87. The molecule has 0 aliphatic rings. The van der Waals surface area contributed by atoms with E-state index in [4.69, 9.17) is 0 Å². The minimum atomic E-state index is -5.95. The number of hydrogen-bond acceptors (Lipinski definition) is 4. The molecule has 0 unspecified atom stereocenters. The van der Waals surface area contributed by atoms with Gasteiger partial charge in [0.25, 0.3) is 0 Å². The van der Waals surface area contributed by atoms with Crippen LogP contribution in [-0.4, -0.2) is 18.4 Å². The van der Waals surface area contributed by atoms with Gasteiger partial charge in [-0.25, -0.2) is 9.53 Å². The third-order valence-corrected chi connectivity index (χ3v) is 1.57. The van der Waals surface area contributed by atoms with Crippen LogP contribution in [0.5, 0.6) is 0 Å². The average Bonchev–Trinajstić information content (AvgIpc) is 2.45. The zero-order chi connectivity index (χ0) is 14.2. The van der Waals surface area contributed by atoms with E-state index < -0.39 is 36.4 Å². The van der Waals surface area contributed by atoms with E-state index in [-0.39, 0.29) is 6.26 Å². The lowest BCUT2D eigenvalue weighted by Crippen LogP contribution is -2.47. The van der Waals surface area contributed by atoms with Crippen molar-refractivity contribution in [1.82, 2.24) is 0 Å². The highest BCUT2D eigenvalue weighted by Gasteiger charge is 2.63. The molecule has 104 valence electrons. The quantitative estimate of drug-likeness (QED) is 0.797. The van der Waals surface area contributed by atoms with Crippen molar-refractivity contribution in [2.24, 2.45) is 0 Å². The van der Waals surface area contributed by atoms with Crippen molar-refractivity contribution in [3.05, 3.63) is 22.6 Å². The van der Waals surface area contributed by atoms with Crippen molar-refractivity contribution in [1.29, 1.82) is 0 Å². The highest BCUT2D eigenvalue weighted by Crippen LogP contribution is 2.41.